The topological polar surface area (TPSA) is 105 Å². The summed E-state index contributed by atoms with van der Waals surface area (Å²) < 4.78 is 25.4. The fraction of sp³-hybridized carbons (Fsp3) is 0.0714. The molecule has 1 aromatic heterocycles. The first-order valence-corrected chi connectivity index (χ1v) is 7.71. The molecule has 0 aliphatic heterocycles. The molecular formula is C14H13N3O4S. The molecule has 0 aliphatic carbocycles. The third-order valence-corrected chi connectivity index (χ3v) is 4.07. The number of amides is 2. The van der Waals surface area contributed by atoms with Crippen LogP contribution in [0.1, 0.15) is 17.3 Å². The predicted octanol–water partition coefficient (Wildman–Crippen LogP) is 1.16. The second kappa shape index (κ2) is 6.35. The third-order valence-electron chi connectivity index (χ3n) is 2.62. The van der Waals surface area contributed by atoms with Gasteiger partial charge in [-0.2, -0.15) is 0 Å². The molecule has 2 rings (SSSR count). The number of benzene rings is 1. The molecule has 7 nitrogen and oxygen atoms in total. The second-order valence-electron chi connectivity index (χ2n) is 4.38. The summed E-state index contributed by atoms with van der Waals surface area (Å²) in [5.41, 5.74) is 0.813. The molecule has 1 heterocycles. The van der Waals surface area contributed by atoms with Gasteiger partial charge in [0.15, 0.2) is 0 Å². The fourth-order valence-corrected chi connectivity index (χ4v) is 2.66. The minimum atomic E-state index is -3.88. The van der Waals surface area contributed by atoms with E-state index in [-0.39, 0.29) is 10.8 Å². The summed E-state index contributed by atoms with van der Waals surface area (Å²) in [7, 11) is -3.88. The first kappa shape index (κ1) is 15.6. The lowest BCUT2D eigenvalue weighted by Gasteiger charge is -2.07. The van der Waals surface area contributed by atoms with Gasteiger partial charge in [-0.25, -0.2) is 13.1 Å². The summed E-state index contributed by atoms with van der Waals surface area (Å²) in [6.07, 6.45) is 2.98. The first-order chi connectivity index (χ1) is 10.4. The molecule has 8 heteroatoms. The number of hydrogen-bond donors (Lipinski definition) is 2. The highest BCUT2D eigenvalue weighted by molar-refractivity contribution is 7.90. The molecule has 2 amide bonds. The molecule has 0 bridgehead atoms. The lowest BCUT2D eigenvalue weighted by molar-refractivity contribution is -0.117. The Morgan fingerprint density at radius 3 is 2.32 bits per heavy atom. The molecule has 0 unspecified atom stereocenters. The Bertz CT molecular complexity index is 787. The van der Waals surface area contributed by atoms with Crippen LogP contribution in [-0.4, -0.2) is 25.2 Å². The SMILES string of the molecule is CC(=O)NS(=O)(=O)c1ccc(NC(=O)c2cccnc2)cc1. The average molecular weight is 319 g/mol. The largest absolute Gasteiger partial charge is 0.322 e. The van der Waals surface area contributed by atoms with Crippen molar-refractivity contribution in [2.75, 3.05) is 5.32 Å². The molecule has 0 saturated carbocycles. The number of nitrogens with zero attached hydrogens (tertiary/aromatic N) is 1. The average Bonchev–Trinajstić information content (AvgIpc) is 2.47. The highest BCUT2D eigenvalue weighted by atomic mass is 32.2. The van der Waals surface area contributed by atoms with Crippen molar-refractivity contribution >= 4 is 27.5 Å². The van der Waals surface area contributed by atoms with Crippen LogP contribution in [0, 0.1) is 0 Å². The summed E-state index contributed by atoms with van der Waals surface area (Å²) in [4.78, 5) is 26.5. The van der Waals surface area contributed by atoms with Crippen LogP contribution in [0.4, 0.5) is 5.69 Å². The van der Waals surface area contributed by atoms with Crippen LogP contribution in [0.5, 0.6) is 0 Å². The van der Waals surface area contributed by atoms with Crippen LogP contribution < -0.4 is 10.0 Å². The molecule has 114 valence electrons. The number of anilines is 1. The molecule has 0 saturated heterocycles. The Kier molecular flexibility index (Phi) is 4.52. The lowest BCUT2D eigenvalue weighted by Crippen LogP contribution is -2.28. The standard InChI is InChI=1S/C14H13N3O4S/c1-10(18)17-22(20,21)13-6-4-12(5-7-13)16-14(19)11-3-2-8-15-9-11/h2-9H,1H3,(H,16,19)(H,17,18). The zero-order chi connectivity index (χ0) is 16.2. The van der Waals surface area contributed by atoms with Gasteiger partial charge in [-0.05, 0) is 36.4 Å². The van der Waals surface area contributed by atoms with Gasteiger partial charge in [-0.15, -0.1) is 0 Å². The third kappa shape index (κ3) is 3.89. The molecule has 0 spiro atoms. The van der Waals surface area contributed by atoms with Crippen LogP contribution in [-0.2, 0) is 14.8 Å². The summed E-state index contributed by atoms with van der Waals surface area (Å²) in [6.45, 7) is 1.11. The van der Waals surface area contributed by atoms with Gasteiger partial charge in [-0.3, -0.25) is 14.6 Å². The zero-order valence-corrected chi connectivity index (χ0v) is 12.4. The molecule has 2 N–H and O–H groups in total. The van der Waals surface area contributed by atoms with Gasteiger partial charge in [0.1, 0.15) is 0 Å². The van der Waals surface area contributed by atoms with Gasteiger partial charge in [0.05, 0.1) is 10.5 Å². The first-order valence-electron chi connectivity index (χ1n) is 6.23. The van der Waals surface area contributed by atoms with E-state index >= 15 is 0 Å². The smallest absolute Gasteiger partial charge is 0.264 e. The molecule has 0 aliphatic rings. The van der Waals surface area contributed by atoms with Crippen molar-refractivity contribution in [1.82, 2.24) is 9.71 Å². The molecule has 22 heavy (non-hydrogen) atoms. The summed E-state index contributed by atoms with van der Waals surface area (Å²) in [6, 6.07) is 8.70. The Morgan fingerprint density at radius 2 is 1.77 bits per heavy atom. The van der Waals surface area contributed by atoms with Crippen molar-refractivity contribution in [3.05, 3.63) is 54.4 Å². The Morgan fingerprint density at radius 1 is 1.09 bits per heavy atom. The van der Waals surface area contributed by atoms with E-state index in [1.165, 1.54) is 30.5 Å². The molecule has 0 radical (unpaired) electrons. The second-order valence-corrected chi connectivity index (χ2v) is 6.06. The highest BCUT2D eigenvalue weighted by Gasteiger charge is 2.15. The Labute approximate surface area is 127 Å². The van der Waals surface area contributed by atoms with Crippen molar-refractivity contribution in [2.45, 2.75) is 11.8 Å². The van der Waals surface area contributed by atoms with Gasteiger partial charge in [0.25, 0.3) is 15.9 Å². The molecule has 0 atom stereocenters. The van der Waals surface area contributed by atoms with Crippen molar-refractivity contribution in [3.8, 4) is 0 Å². The number of sulfonamides is 1. The summed E-state index contributed by atoms with van der Waals surface area (Å²) in [5.74, 6) is -1.03. The van der Waals surface area contributed by atoms with Crippen molar-refractivity contribution in [3.63, 3.8) is 0 Å². The molecular weight excluding hydrogens is 306 g/mol. The van der Waals surface area contributed by atoms with E-state index in [0.29, 0.717) is 11.3 Å². The number of hydrogen-bond acceptors (Lipinski definition) is 5. The van der Waals surface area contributed by atoms with Crippen LogP contribution in [0.3, 0.4) is 0 Å². The molecule has 1 aromatic carbocycles. The number of carbonyl (C=O) groups excluding carboxylic acids is 2. The van der Waals surface area contributed by atoms with Gasteiger partial charge in [0, 0.05) is 25.0 Å². The van der Waals surface area contributed by atoms with Gasteiger partial charge >= 0.3 is 0 Å². The maximum atomic E-state index is 11.9. The van der Waals surface area contributed by atoms with Crippen molar-refractivity contribution in [2.24, 2.45) is 0 Å². The van der Waals surface area contributed by atoms with Crippen molar-refractivity contribution in [1.29, 1.82) is 0 Å². The van der Waals surface area contributed by atoms with Crippen LogP contribution in [0.15, 0.2) is 53.7 Å². The number of pyridine rings is 1. The Hall–Kier alpha value is -2.74. The lowest BCUT2D eigenvalue weighted by atomic mass is 10.2. The van der Waals surface area contributed by atoms with Crippen molar-refractivity contribution < 1.29 is 18.0 Å². The number of nitrogens with one attached hydrogen (secondary N) is 2. The van der Waals surface area contributed by atoms with E-state index in [1.54, 1.807) is 18.3 Å². The maximum absolute atomic E-state index is 11.9. The van der Waals surface area contributed by atoms with E-state index in [9.17, 15) is 18.0 Å². The normalized spacial score (nSPS) is 10.8. The monoisotopic (exact) mass is 319 g/mol. The van der Waals surface area contributed by atoms with E-state index in [1.807, 2.05) is 4.72 Å². The van der Waals surface area contributed by atoms with Crippen LogP contribution in [0.2, 0.25) is 0 Å². The maximum Gasteiger partial charge on any atom is 0.264 e. The zero-order valence-electron chi connectivity index (χ0n) is 11.6. The minimum Gasteiger partial charge on any atom is -0.322 e. The highest BCUT2D eigenvalue weighted by Crippen LogP contribution is 2.14. The molecule has 2 aromatic rings. The summed E-state index contributed by atoms with van der Waals surface area (Å²) >= 11 is 0. The number of aromatic nitrogens is 1. The van der Waals surface area contributed by atoms with E-state index in [0.717, 1.165) is 6.92 Å². The molecule has 0 fully saturated rings. The minimum absolute atomic E-state index is 0.0675. The fourth-order valence-electron chi connectivity index (χ4n) is 1.67. The van der Waals surface area contributed by atoms with E-state index in [2.05, 4.69) is 10.3 Å². The van der Waals surface area contributed by atoms with Gasteiger partial charge in [0.2, 0.25) is 5.91 Å². The number of rotatable bonds is 4. The quantitative estimate of drug-likeness (QED) is 0.879. The number of carbonyl (C=O) groups is 2. The summed E-state index contributed by atoms with van der Waals surface area (Å²) in [5, 5.41) is 2.62. The Balaban J connectivity index is 2.13. The predicted molar refractivity (Wildman–Crippen MR) is 79.6 cm³/mol. The van der Waals surface area contributed by atoms with Gasteiger partial charge < -0.3 is 5.32 Å². The van der Waals surface area contributed by atoms with Crippen LogP contribution in [0.25, 0.3) is 0 Å². The van der Waals surface area contributed by atoms with Crippen LogP contribution >= 0.6 is 0 Å². The van der Waals surface area contributed by atoms with E-state index < -0.39 is 15.9 Å². The van der Waals surface area contributed by atoms with Gasteiger partial charge in [-0.1, -0.05) is 0 Å². The van der Waals surface area contributed by atoms with E-state index in [4.69, 9.17) is 0 Å².